The number of hydrogen-bond acceptors (Lipinski definition) is 5. The summed E-state index contributed by atoms with van der Waals surface area (Å²) < 4.78 is 24.0. The maximum atomic E-state index is 13.0. The standard InChI is InChI=1S/C26H21BrO5/c1-15-5-3-4-6-17(15)13-30-22-8-7-21-24(28)23(32-25(21)16(22)2)11-18-9-20(27)10-19-12-29-14-31-26(18)19/h3-11H,12-14H2,1-2H3/b23-11-. The van der Waals surface area contributed by atoms with Crippen molar-refractivity contribution < 1.29 is 23.7 Å². The van der Waals surface area contributed by atoms with Crippen LogP contribution in [-0.2, 0) is 18.0 Å². The van der Waals surface area contributed by atoms with Crippen LogP contribution in [0.1, 0.15) is 38.2 Å². The first kappa shape index (κ1) is 20.8. The summed E-state index contributed by atoms with van der Waals surface area (Å²) in [6.07, 6.45) is 1.73. The molecule has 162 valence electrons. The van der Waals surface area contributed by atoms with Gasteiger partial charge < -0.3 is 18.9 Å². The number of carbonyl (C=O) groups excluding carboxylic acids is 1. The summed E-state index contributed by atoms with van der Waals surface area (Å²) in [6.45, 7) is 5.06. The predicted octanol–water partition coefficient (Wildman–Crippen LogP) is 6.13. The van der Waals surface area contributed by atoms with Gasteiger partial charge in [0.05, 0.1) is 12.2 Å². The van der Waals surface area contributed by atoms with E-state index in [4.69, 9.17) is 18.9 Å². The summed E-state index contributed by atoms with van der Waals surface area (Å²) in [5, 5.41) is 0. The topological polar surface area (TPSA) is 54.0 Å². The SMILES string of the molecule is Cc1ccccc1COc1ccc2c(c1C)O/C(=C\c1cc(Br)cc3c1OCOC3)C2=O. The maximum Gasteiger partial charge on any atom is 0.231 e. The van der Waals surface area contributed by atoms with E-state index < -0.39 is 0 Å². The van der Waals surface area contributed by atoms with E-state index >= 15 is 0 Å². The second kappa shape index (κ2) is 8.45. The molecule has 0 saturated carbocycles. The highest BCUT2D eigenvalue weighted by molar-refractivity contribution is 9.10. The molecular formula is C26H21BrO5. The molecule has 0 aromatic heterocycles. The molecule has 0 aliphatic carbocycles. The van der Waals surface area contributed by atoms with Crippen molar-refractivity contribution in [3.8, 4) is 17.2 Å². The van der Waals surface area contributed by atoms with Crippen molar-refractivity contribution in [2.75, 3.05) is 6.79 Å². The lowest BCUT2D eigenvalue weighted by molar-refractivity contribution is -0.0165. The molecule has 0 atom stereocenters. The Morgan fingerprint density at radius 1 is 1.09 bits per heavy atom. The first-order chi connectivity index (χ1) is 15.5. The van der Waals surface area contributed by atoms with Crippen molar-refractivity contribution in [3.63, 3.8) is 0 Å². The number of halogens is 1. The smallest absolute Gasteiger partial charge is 0.231 e. The van der Waals surface area contributed by atoms with Crippen LogP contribution in [0.5, 0.6) is 17.2 Å². The number of ether oxygens (including phenoxy) is 4. The molecule has 0 N–H and O–H groups in total. The fourth-order valence-corrected chi connectivity index (χ4v) is 4.43. The van der Waals surface area contributed by atoms with E-state index in [1.165, 1.54) is 5.56 Å². The Balaban J connectivity index is 1.43. The van der Waals surface area contributed by atoms with Gasteiger partial charge in [-0.05, 0) is 55.3 Å². The number of allylic oxidation sites excluding steroid dienone is 1. The molecule has 5 nitrogen and oxygen atoms in total. The Morgan fingerprint density at radius 2 is 1.94 bits per heavy atom. The highest BCUT2D eigenvalue weighted by Crippen LogP contribution is 2.41. The highest BCUT2D eigenvalue weighted by Gasteiger charge is 2.31. The van der Waals surface area contributed by atoms with Crippen molar-refractivity contribution in [2.45, 2.75) is 27.1 Å². The Hall–Kier alpha value is -3.09. The molecule has 2 heterocycles. The number of Topliss-reactive ketones (excluding diaryl/α,β-unsaturated/α-hetero) is 1. The minimum Gasteiger partial charge on any atom is -0.488 e. The van der Waals surface area contributed by atoms with E-state index in [2.05, 4.69) is 28.9 Å². The zero-order valence-electron chi connectivity index (χ0n) is 17.7. The molecule has 0 fully saturated rings. The molecule has 2 aliphatic rings. The number of aryl methyl sites for hydroxylation is 1. The van der Waals surface area contributed by atoms with Crippen LogP contribution in [0.2, 0.25) is 0 Å². The van der Waals surface area contributed by atoms with Gasteiger partial charge >= 0.3 is 0 Å². The minimum absolute atomic E-state index is 0.158. The quantitative estimate of drug-likeness (QED) is 0.410. The normalized spacial score (nSPS) is 15.7. The second-order valence-electron chi connectivity index (χ2n) is 7.81. The zero-order valence-corrected chi connectivity index (χ0v) is 19.3. The predicted molar refractivity (Wildman–Crippen MR) is 124 cm³/mol. The van der Waals surface area contributed by atoms with Crippen molar-refractivity contribution in [3.05, 3.63) is 92.1 Å². The van der Waals surface area contributed by atoms with Crippen LogP contribution in [0.15, 0.2) is 58.8 Å². The lowest BCUT2D eigenvalue weighted by Gasteiger charge is -2.20. The number of hydrogen-bond donors (Lipinski definition) is 0. The summed E-state index contributed by atoms with van der Waals surface area (Å²) >= 11 is 3.51. The van der Waals surface area contributed by atoms with Crippen molar-refractivity contribution in [1.29, 1.82) is 0 Å². The van der Waals surface area contributed by atoms with E-state index in [9.17, 15) is 4.79 Å². The third kappa shape index (κ3) is 3.80. The van der Waals surface area contributed by atoms with Crippen LogP contribution in [-0.4, -0.2) is 12.6 Å². The summed E-state index contributed by atoms with van der Waals surface area (Å²) in [5.41, 5.74) is 5.31. The fourth-order valence-electron chi connectivity index (χ4n) is 3.91. The Bertz CT molecular complexity index is 1260. The lowest BCUT2D eigenvalue weighted by atomic mass is 10.0. The van der Waals surface area contributed by atoms with Crippen LogP contribution < -0.4 is 14.2 Å². The van der Waals surface area contributed by atoms with Gasteiger partial charge in [-0.15, -0.1) is 0 Å². The van der Waals surface area contributed by atoms with Crippen molar-refractivity contribution >= 4 is 27.8 Å². The van der Waals surface area contributed by atoms with Crippen LogP contribution in [0, 0.1) is 13.8 Å². The molecule has 3 aromatic rings. The number of rotatable bonds is 4. The van der Waals surface area contributed by atoms with E-state index in [1.807, 2.05) is 43.3 Å². The first-order valence-corrected chi connectivity index (χ1v) is 11.1. The number of ketones is 1. The second-order valence-corrected chi connectivity index (χ2v) is 8.73. The maximum absolute atomic E-state index is 13.0. The summed E-state index contributed by atoms with van der Waals surface area (Å²) in [5.74, 6) is 2.04. The molecule has 0 amide bonds. The molecule has 0 unspecified atom stereocenters. The van der Waals surface area contributed by atoms with E-state index in [1.54, 1.807) is 12.1 Å². The largest absolute Gasteiger partial charge is 0.488 e. The van der Waals surface area contributed by atoms with Gasteiger partial charge in [-0.3, -0.25) is 4.79 Å². The van der Waals surface area contributed by atoms with Gasteiger partial charge in [-0.25, -0.2) is 0 Å². The monoisotopic (exact) mass is 492 g/mol. The lowest BCUT2D eigenvalue weighted by Crippen LogP contribution is -2.12. The average molecular weight is 493 g/mol. The average Bonchev–Trinajstić information content (AvgIpc) is 3.10. The van der Waals surface area contributed by atoms with Gasteiger partial charge in [-0.2, -0.15) is 0 Å². The zero-order chi connectivity index (χ0) is 22.2. The number of benzene rings is 3. The number of carbonyl (C=O) groups is 1. The van der Waals surface area contributed by atoms with Crippen LogP contribution in [0.4, 0.5) is 0 Å². The van der Waals surface area contributed by atoms with Crippen molar-refractivity contribution in [1.82, 2.24) is 0 Å². The molecule has 0 radical (unpaired) electrons. The van der Waals surface area contributed by atoms with Gasteiger partial charge in [0, 0.05) is 21.2 Å². The van der Waals surface area contributed by atoms with Crippen LogP contribution >= 0.6 is 15.9 Å². The number of fused-ring (bicyclic) bond motifs is 2. The Kier molecular flexibility index (Phi) is 5.49. The first-order valence-electron chi connectivity index (χ1n) is 10.3. The minimum atomic E-state index is -0.158. The van der Waals surface area contributed by atoms with E-state index in [0.717, 1.165) is 26.7 Å². The fraction of sp³-hybridized carbons (Fsp3) is 0.192. The molecule has 6 heteroatoms. The third-order valence-electron chi connectivity index (χ3n) is 5.67. The molecule has 0 saturated heterocycles. The van der Waals surface area contributed by atoms with Gasteiger partial charge in [0.2, 0.25) is 5.78 Å². The molecule has 2 aliphatic heterocycles. The van der Waals surface area contributed by atoms with E-state index in [-0.39, 0.29) is 18.3 Å². The molecule has 32 heavy (non-hydrogen) atoms. The third-order valence-corrected chi connectivity index (χ3v) is 6.13. The molecule has 5 rings (SSSR count). The van der Waals surface area contributed by atoms with Gasteiger partial charge in [0.25, 0.3) is 0 Å². The van der Waals surface area contributed by atoms with Gasteiger partial charge in [0.15, 0.2) is 12.6 Å². The van der Waals surface area contributed by atoms with Gasteiger partial charge in [0.1, 0.15) is 23.9 Å². The molecule has 0 bridgehead atoms. The van der Waals surface area contributed by atoms with Gasteiger partial charge in [-0.1, -0.05) is 40.2 Å². The van der Waals surface area contributed by atoms with E-state index in [0.29, 0.717) is 36.0 Å². The van der Waals surface area contributed by atoms with Crippen molar-refractivity contribution in [2.24, 2.45) is 0 Å². The molecule has 3 aromatic carbocycles. The molecular weight excluding hydrogens is 472 g/mol. The Morgan fingerprint density at radius 3 is 2.78 bits per heavy atom. The summed E-state index contributed by atoms with van der Waals surface area (Å²) in [7, 11) is 0. The summed E-state index contributed by atoms with van der Waals surface area (Å²) in [6, 6.07) is 15.6. The Labute approximate surface area is 194 Å². The summed E-state index contributed by atoms with van der Waals surface area (Å²) in [4.78, 5) is 13.0. The molecule has 0 spiro atoms. The van der Waals surface area contributed by atoms with Crippen LogP contribution in [0.3, 0.4) is 0 Å². The highest BCUT2D eigenvalue weighted by atomic mass is 79.9. The van der Waals surface area contributed by atoms with Crippen LogP contribution in [0.25, 0.3) is 6.08 Å².